The summed E-state index contributed by atoms with van der Waals surface area (Å²) in [6, 6.07) is 1.83. The lowest BCUT2D eigenvalue weighted by molar-refractivity contribution is 0.0557. The van der Waals surface area contributed by atoms with Gasteiger partial charge in [0.25, 0.3) is 5.76 Å². The molecule has 0 bridgehead atoms. The van der Waals surface area contributed by atoms with Gasteiger partial charge in [0.05, 0.1) is 12.8 Å². The van der Waals surface area contributed by atoms with Crippen LogP contribution in [0.2, 0.25) is 0 Å². The molecule has 2 rings (SSSR count). The first-order chi connectivity index (χ1) is 7.67. The quantitative estimate of drug-likeness (QED) is 0.771. The molecule has 0 aromatic carbocycles. The second-order valence-electron chi connectivity index (χ2n) is 3.26. The number of hydrogen-bond donors (Lipinski definition) is 1. The molecule has 0 fully saturated rings. The number of rotatable bonds is 2. The molecule has 84 valence electrons. The monoisotopic (exact) mass is 221 g/mol. The molecule has 2 aromatic rings. The predicted molar refractivity (Wildman–Crippen MR) is 57.4 cm³/mol. The lowest BCUT2D eigenvalue weighted by Gasteiger charge is -2.01. The Balaban J connectivity index is 2.72. The molecule has 6 nitrogen and oxygen atoms in total. The van der Waals surface area contributed by atoms with Crippen molar-refractivity contribution in [1.29, 1.82) is 0 Å². The molecule has 0 saturated heterocycles. The van der Waals surface area contributed by atoms with Gasteiger partial charge in [-0.05, 0) is 13.0 Å². The van der Waals surface area contributed by atoms with Crippen LogP contribution in [-0.4, -0.2) is 30.3 Å². The lowest BCUT2D eigenvalue weighted by Crippen LogP contribution is -2.01. The van der Waals surface area contributed by atoms with E-state index in [4.69, 9.17) is 4.52 Å². The van der Waals surface area contributed by atoms with Crippen LogP contribution in [0.5, 0.6) is 0 Å². The van der Waals surface area contributed by atoms with Crippen molar-refractivity contribution in [1.82, 2.24) is 10.1 Å². The molecule has 2 aromatic heterocycles. The molecule has 0 saturated carbocycles. The Morgan fingerprint density at radius 2 is 2.25 bits per heavy atom. The number of aromatic nitrogens is 2. The molecular formula is C10H11N3O3. The number of carbonyl (C=O) groups excluding carboxylic acids is 1. The lowest BCUT2D eigenvalue weighted by atomic mass is 10.2. The number of ether oxygens (including phenoxy) is 1. The van der Waals surface area contributed by atoms with Crippen LogP contribution in [0.15, 0.2) is 10.6 Å². The molecule has 0 aliphatic heterocycles. The van der Waals surface area contributed by atoms with E-state index in [1.54, 1.807) is 7.05 Å². The van der Waals surface area contributed by atoms with Crippen LogP contribution in [0, 0.1) is 6.92 Å². The fourth-order valence-electron chi connectivity index (χ4n) is 1.47. The SMILES string of the molecule is CNc1cc(C)nc2c(C(=O)OC)onc12. The van der Waals surface area contributed by atoms with E-state index in [1.807, 2.05) is 13.0 Å². The van der Waals surface area contributed by atoms with Gasteiger partial charge in [-0.25, -0.2) is 9.78 Å². The minimum atomic E-state index is -0.581. The maximum Gasteiger partial charge on any atom is 0.379 e. The molecule has 1 N–H and O–H groups in total. The van der Waals surface area contributed by atoms with E-state index in [9.17, 15) is 4.79 Å². The summed E-state index contributed by atoms with van der Waals surface area (Å²) in [5, 5.41) is 6.77. The van der Waals surface area contributed by atoms with Crippen molar-refractivity contribution in [3.05, 3.63) is 17.5 Å². The summed E-state index contributed by atoms with van der Waals surface area (Å²) < 4.78 is 9.52. The molecule has 0 radical (unpaired) electrons. The Hall–Kier alpha value is -2.11. The fraction of sp³-hybridized carbons (Fsp3) is 0.300. The second kappa shape index (κ2) is 3.80. The summed E-state index contributed by atoms with van der Waals surface area (Å²) in [5.41, 5.74) is 2.47. The van der Waals surface area contributed by atoms with Crippen molar-refractivity contribution in [3.8, 4) is 0 Å². The smallest absolute Gasteiger partial charge is 0.379 e. The highest BCUT2D eigenvalue weighted by Gasteiger charge is 2.20. The van der Waals surface area contributed by atoms with Crippen LogP contribution in [-0.2, 0) is 4.74 Å². The van der Waals surface area contributed by atoms with Gasteiger partial charge in [0.15, 0.2) is 5.52 Å². The molecule has 16 heavy (non-hydrogen) atoms. The number of aryl methyl sites for hydroxylation is 1. The Labute approximate surface area is 91.6 Å². The second-order valence-corrected chi connectivity index (χ2v) is 3.26. The molecule has 0 atom stereocenters. The molecular weight excluding hydrogens is 210 g/mol. The molecule has 2 heterocycles. The predicted octanol–water partition coefficient (Wildman–Crippen LogP) is 1.36. The molecule has 6 heteroatoms. The third-order valence-electron chi connectivity index (χ3n) is 2.20. The van der Waals surface area contributed by atoms with Crippen LogP contribution < -0.4 is 5.32 Å². The number of esters is 1. The minimum Gasteiger partial charge on any atom is -0.463 e. The minimum absolute atomic E-state index is 0.0256. The van der Waals surface area contributed by atoms with Gasteiger partial charge in [-0.15, -0.1) is 0 Å². The number of nitrogens with zero attached hydrogens (tertiary/aromatic N) is 2. The summed E-state index contributed by atoms with van der Waals surface area (Å²) in [6.45, 7) is 1.83. The van der Waals surface area contributed by atoms with Crippen LogP contribution in [0.25, 0.3) is 11.0 Å². The summed E-state index contributed by atoms with van der Waals surface area (Å²) in [5.74, 6) is -0.555. The van der Waals surface area contributed by atoms with Gasteiger partial charge < -0.3 is 14.6 Å². The molecule has 0 unspecified atom stereocenters. The van der Waals surface area contributed by atoms with Gasteiger partial charge in [0.2, 0.25) is 0 Å². The number of carbonyl (C=O) groups is 1. The van der Waals surface area contributed by atoms with Gasteiger partial charge in [0, 0.05) is 12.7 Å². The Morgan fingerprint density at radius 3 is 2.88 bits per heavy atom. The topological polar surface area (TPSA) is 77.2 Å². The van der Waals surface area contributed by atoms with E-state index in [2.05, 4.69) is 20.2 Å². The van der Waals surface area contributed by atoms with Crippen molar-refractivity contribution in [2.75, 3.05) is 19.5 Å². The number of nitrogens with one attached hydrogen (secondary N) is 1. The Bertz CT molecular complexity index is 547. The fourth-order valence-corrected chi connectivity index (χ4v) is 1.47. The third kappa shape index (κ3) is 1.48. The van der Waals surface area contributed by atoms with E-state index in [0.29, 0.717) is 11.0 Å². The van der Waals surface area contributed by atoms with Gasteiger partial charge in [-0.2, -0.15) is 0 Å². The Morgan fingerprint density at radius 1 is 1.50 bits per heavy atom. The average Bonchev–Trinajstić information content (AvgIpc) is 2.70. The van der Waals surface area contributed by atoms with Crippen LogP contribution in [0.4, 0.5) is 5.69 Å². The maximum absolute atomic E-state index is 11.4. The first-order valence-corrected chi connectivity index (χ1v) is 4.70. The number of methoxy groups -OCH3 is 1. The molecule has 0 spiro atoms. The maximum atomic E-state index is 11.4. The standard InChI is InChI=1S/C10H11N3O3/c1-5-4-6(11-2)7-8(12-5)9(16-13-7)10(14)15-3/h4,11H,1-3H3. The van der Waals surface area contributed by atoms with Crippen molar-refractivity contribution in [2.45, 2.75) is 6.92 Å². The number of pyridine rings is 1. The van der Waals surface area contributed by atoms with Crippen LogP contribution >= 0.6 is 0 Å². The zero-order valence-corrected chi connectivity index (χ0v) is 9.20. The highest BCUT2D eigenvalue weighted by Crippen LogP contribution is 2.24. The highest BCUT2D eigenvalue weighted by atomic mass is 16.5. The van der Waals surface area contributed by atoms with Crippen molar-refractivity contribution >= 4 is 22.7 Å². The largest absolute Gasteiger partial charge is 0.463 e. The van der Waals surface area contributed by atoms with E-state index in [-0.39, 0.29) is 5.76 Å². The van der Waals surface area contributed by atoms with Crippen molar-refractivity contribution in [2.24, 2.45) is 0 Å². The van der Waals surface area contributed by atoms with E-state index in [0.717, 1.165) is 11.4 Å². The number of fused-ring (bicyclic) bond motifs is 1. The zero-order chi connectivity index (χ0) is 11.7. The number of anilines is 1. The third-order valence-corrected chi connectivity index (χ3v) is 2.20. The van der Waals surface area contributed by atoms with Crippen molar-refractivity contribution < 1.29 is 14.1 Å². The summed E-state index contributed by atoms with van der Waals surface area (Å²) >= 11 is 0. The van der Waals surface area contributed by atoms with Crippen LogP contribution in [0.1, 0.15) is 16.2 Å². The summed E-state index contributed by atoms with van der Waals surface area (Å²) in [6.07, 6.45) is 0. The van der Waals surface area contributed by atoms with Crippen LogP contribution in [0.3, 0.4) is 0 Å². The number of hydrogen-bond acceptors (Lipinski definition) is 6. The van der Waals surface area contributed by atoms with E-state index >= 15 is 0 Å². The van der Waals surface area contributed by atoms with Gasteiger partial charge in [-0.3, -0.25) is 0 Å². The normalized spacial score (nSPS) is 10.4. The molecule has 0 aliphatic carbocycles. The van der Waals surface area contributed by atoms with Crippen molar-refractivity contribution in [3.63, 3.8) is 0 Å². The summed E-state index contributed by atoms with van der Waals surface area (Å²) in [4.78, 5) is 15.6. The molecule has 0 amide bonds. The summed E-state index contributed by atoms with van der Waals surface area (Å²) in [7, 11) is 3.05. The Kier molecular flexibility index (Phi) is 2.47. The first kappa shape index (κ1) is 10.4. The van der Waals surface area contributed by atoms with Gasteiger partial charge >= 0.3 is 5.97 Å². The molecule has 0 aliphatic rings. The highest BCUT2D eigenvalue weighted by molar-refractivity contribution is 6.02. The average molecular weight is 221 g/mol. The van der Waals surface area contributed by atoms with E-state index in [1.165, 1.54) is 7.11 Å². The zero-order valence-electron chi connectivity index (χ0n) is 9.20. The van der Waals surface area contributed by atoms with Gasteiger partial charge in [0.1, 0.15) is 5.52 Å². The van der Waals surface area contributed by atoms with E-state index < -0.39 is 5.97 Å². The van der Waals surface area contributed by atoms with Gasteiger partial charge in [-0.1, -0.05) is 5.16 Å². The first-order valence-electron chi connectivity index (χ1n) is 4.70.